The van der Waals surface area contributed by atoms with Crippen LogP contribution in [0.15, 0.2) is 72.9 Å². The minimum Gasteiger partial charge on any atom is -0.497 e. The molecule has 4 rings (SSSR count). The first-order valence-electron chi connectivity index (χ1n) is 11.5. The van der Waals surface area contributed by atoms with E-state index in [1.807, 2.05) is 79.5 Å². The first kappa shape index (κ1) is 22.8. The molecule has 0 aliphatic carbocycles. The summed E-state index contributed by atoms with van der Waals surface area (Å²) < 4.78 is 5.54. The Morgan fingerprint density at radius 1 is 1.09 bits per heavy atom. The van der Waals surface area contributed by atoms with Crippen LogP contribution in [-0.2, 0) is 6.54 Å². The number of carbonyl (C=O) groups excluding carboxylic acids is 1. The van der Waals surface area contributed by atoms with Gasteiger partial charge in [0, 0.05) is 30.7 Å². The van der Waals surface area contributed by atoms with E-state index in [2.05, 4.69) is 34.7 Å². The largest absolute Gasteiger partial charge is 0.497 e. The number of amides is 2. The van der Waals surface area contributed by atoms with Crippen LogP contribution in [0.2, 0.25) is 0 Å². The number of methoxy groups -OCH3 is 1. The second kappa shape index (κ2) is 10.0. The fourth-order valence-corrected chi connectivity index (χ4v) is 4.65. The van der Waals surface area contributed by atoms with Gasteiger partial charge in [-0.3, -0.25) is 9.88 Å². The maximum Gasteiger partial charge on any atom is 0.322 e. The van der Waals surface area contributed by atoms with Crippen LogP contribution in [0.3, 0.4) is 0 Å². The lowest BCUT2D eigenvalue weighted by atomic mass is 9.79. The quantitative estimate of drug-likeness (QED) is 0.546. The Balaban J connectivity index is 1.81. The summed E-state index contributed by atoms with van der Waals surface area (Å²) in [6, 6.07) is 22.0. The van der Waals surface area contributed by atoms with E-state index in [0.717, 1.165) is 28.3 Å². The highest BCUT2D eigenvalue weighted by Crippen LogP contribution is 2.48. The van der Waals surface area contributed by atoms with Crippen molar-refractivity contribution in [2.24, 2.45) is 5.92 Å². The summed E-state index contributed by atoms with van der Waals surface area (Å²) in [7, 11) is 1.67. The van der Waals surface area contributed by atoms with Crippen LogP contribution in [0.4, 0.5) is 10.5 Å². The Kier molecular flexibility index (Phi) is 6.94. The zero-order valence-electron chi connectivity index (χ0n) is 19.7. The van der Waals surface area contributed by atoms with Gasteiger partial charge in [-0.05, 0) is 55.3 Å². The van der Waals surface area contributed by atoms with Gasteiger partial charge < -0.3 is 15.4 Å². The number of pyridine rings is 1. The molecule has 6 heteroatoms. The highest BCUT2D eigenvalue weighted by molar-refractivity contribution is 5.95. The number of rotatable bonds is 6. The predicted molar refractivity (Wildman–Crippen MR) is 131 cm³/mol. The number of nitrogens with zero attached hydrogens (tertiary/aromatic N) is 2. The molecule has 0 saturated carbocycles. The lowest BCUT2D eigenvalue weighted by molar-refractivity contribution is 0.231. The smallest absolute Gasteiger partial charge is 0.322 e. The highest BCUT2D eigenvalue weighted by Gasteiger charge is 2.42. The van der Waals surface area contributed by atoms with Gasteiger partial charge >= 0.3 is 6.03 Å². The van der Waals surface area contributed by atoms with Crippen LogP contribution in [0.1, 0.15) is 49.7 Å². The monoisotopic (exact) mass is 444 g/mol. The third-order valence-corrected chi connectivity index (χ3v) is 6.13. The fraction of sp³-hybridized carbons (Fsp3) is 0.333. The molecule has 0 unspecified atom stereocenters. The molecule has 1 aromatic heterocycles. The lowest BCUT2D eigenvalue weighted by Gasteiger charge is -2.46. The predicted octanol–water partition coefficient (Wildman–Crippen LogP) is 5.24. The van der Waals surface area contributed by atoms with Crippen molar-refractivity contribution >= 4 is 11.7 Å². The molecule has 2 heterocycles. The minimum absolute atomic E-state index is 0.00501. The van der Waals surface area contributed by atoms with Crippen LogP contribution in [-0.4, -0.2) is 24.2 Å². The standard InChI is InChI=1S/C27H32N4O2/c1-18(2)30-27(32)31-24-14-13-22(33-4)16-23(24)25(29-17-21-12-8-9-15-28-21)19(3)26(31)20-10-6-5-7-11-20/h5-16,18-19,25-26,29H,17H2,1-4H3,(H,30,32)/t19-,25-,26-/m0/s1. The molecule has 2 aromatic carbocycles. The molecule has 0 radical (unpaired) electrons. The maximum absolute atomic E-state index is 13.5. The molecule has 0 spiro atoms. The van der Waals surface area contributed by atoms with Crippen LogP contribution < -0.4 is 20.3 Å². The van der Waals surface area contributed by atoms with Gasteiger partial charge in [-0.2, -0.15) is 0 Å². The molecular formula is C27H32N4O2. The molecule has 1 aliphatic rings. The number of nitrogens with one attached hydrogen (secondary N) is 2. The van der Waals surface area contributed by atoms with Crippen molar-refractivity contribution < 1.29 is 9.53 Å². The summed E-state index contributed by atoms with van der Waals surface area (Å²) in [5.41, 5.74) is 4.02. The number of urea groups is 1. The summed E-state index contributed by atoms with van der Waals surface area (Å²) >= 11 is 0. The van der Waals surface area contributed by atoms with Crippen molar-refractivity contribution in [2.45, 2.75) is 45.4 Å². The molecule has 33 heavy (non-hydrogen) atoms. The van der Waals surface area contributed by atoms with Gasteiger partial charge in [0.25, 0.3) is 0 Å². The van der Waals surface area contributed by atoms with E-state index in [4.69, 9.17) is 4.74 Å². The Bertz CT molecular complexity index is 1070. The second-order valence-corrected chi connectivity index (χ2v) is 8.79. The molecule has 1 aliphatic heterocycles. The third-order valence-electron chi connectivity index (χ3n) is 6.13. The van der Waals surface area contributed by atoms with Gasteiger partial charge in [-0.25, -0.2) is 4.79 Å². The first-order valence-corrected chi connectivity index (χ1v) is 11.5. The molecule has 3 aromatic rings. The Labute approximate surface area is 196 Å². The molecule has 0 fully saturated rings. The molecule has 6 nitrogen and oxygen atoms in total. The summed E-state index contributed by atoms with van der Waals surface area (Å²) in [6.45, 7) is 6.79. The van der Waals surface area contributed by atoms with Crippen LogP contribution in [0, 0.1) is 5.92 Å². The normalized spacial score (nSPS) is 19.8. The number of anilines is 1. The number of carbonyl (C=O) groups is 1. The van der Waals surface area contributed by atoms with E-state index in [1.54, 1.807) is 7.11 Å². The molecule has 172 valence electrons. The average molecular weight is 445 g/mol. The number of aromatic nitrogens is 1. The number of hydrogen-bond acceptors (Lipinski definition) is 4. The van der Waals surface area contributed by atoms with Crippen LogP contribution in [0.5, 0.6) is 5.75 Å². The average Bonchev–Trinajstić information content (AvgIpc) is 2.83. The Morgan fingerprint density at radius 3 is 2.52 bits per heavy atom. The van der Waals surface area contributed by atoms with Gasteiger partial charge in [0.2, 0.25) is 0 Å². The highest BCUT2D eigenvalue weighted by atomic mass is 16.5. The van der Waals surface area contributed by atoms with Crippen molar-refractivity contribution in [1.82, 2.24) is 15.6 Å². The summed E-state index contributed by atoms with van der Waals surface area (Å²) in [4.78, 5) is 19.9. The Hall–Kier alpha value is -3.38. The van der Waals surface area contributed by atoms with Crippen LogP contribution >= 0.6 is 0 Å². The van der Waals surface area contributed by atoms with Gasteiger partial charge in [0.15, 0.2) is 0 Å². The van der Waals surface area contributed by atoms with Gasteiger partial charge in [0.1, 0.15) is 5.75 Å². The van der Waals surface area contributed by atoms with Crippen molar-refractivity contribution in [3.8, 4) is 5.75 Å². The summed E-state index contributed by atoms with van der Waals surface area (Å²) in [6.07, 6.45) is 1.81. The molecule has 3 atom stereocenters. The van der Waals surface area contributed by atoms with E-state index < -0.39 is 0 Å². The van der Waals surface area contributed by atoms with Gasteiger partial charge in [0.05, 0.1) is 24.5 Å². The molecule has 2 N–H and O–H groups in total. The third kappa shape index (κ3) is 4.86. The van der Waals surface area contributed by atoms with Crippen molar-refractivity contribution in [2.75, 3.05) is 12.0 Å². The van der Waals surface area contributed by atoms with Crippen molar-refractivity contribution in [1.29, 1.82) is 0 Å². The van der Waals surface area contributed by atoms with E-state index in [9.17, 15) is 4.79 Å². The van der Waals surface area contributed by atoms with Crippen molar-refractivity contribution in [3.05, 3.63) is 89.7 Å². The number of benzene rings is 2. The van der Waals surface area contributed by atoms with E-state index >= 15 is 0 Å². The van der Waals surface area contributed by atoms with E-state index in [-0.39, 0.29) is 30.1 Å². The SMILES string of the molecule is COc1ccc2c(c1)[C@@H](NCc1ccccn1)[C@H](C)[C@@H](c1ccccc1)N2C(=O)NC(C)C. The van der Waals surface area contributed by atoms with E-state index in [0.29, 0.717) is 6.54 Å². The second-order valence-electron chi connectivity index (χ2n) is 8.79. The summed E-state index contributed by atoms with van der Waals surface area (Å²) in [5, 5.41) is 6.82. The van der Waals surface area contributed by atoms with E-state index in [1.165, 1.54) is 0 Å². The minimum atomic E-state index is -0.132. The molecular weight excluding hydrogens is 412 g/mol. The number of fused-ring (bicyclic) bond motifs is 1. The van der Waals surface area contributed by atoms with Crippen molar-refractivity contribution in [3.63, 3.8) is 0 Å². The van der Waals surface area contributed by atoms with Gasteiger partial charge in [-0.15, -0.1) is 0 Å². The molecule has 0 bridgehead atoms. The zero-order valence-corrected chi connectivity index (χ0v) is 19.7. The first-order chi connectivity index (χ1) is 16.0. The number of ether oxygens (including phenoxy) is 1. The Morgan fingerprint density at radius 2 is 1.85 bits per heavy atom. The zero-order chi connectivity index (χ0) is 23.4. The van der Waals surface area contributed by atoms with Gasteiger partial charge in [-0.1, -0.05) is 43.3 Å². The molecule has 2 amide bonds. The topological polar surface area (TPSA) is 66.5 Å². The summed E-state index contributed by atoms with van der Waals surface area (Å²) in [5.74, 6) is 0.863. The maximum atomic E-state index is 13.5. The molecule has 0 saturated heterocycles. The number of hydrogen-bond donors (Lipinski definition) is 2. The van der Waals surface area contributed by atoms with Crippen LogP contribution in [0.25, 0.3) is 0 Å². The lowest BCUT2D eigenvalue weighted by Crippen LogP contribution is -2.51. The fourth-order valence-electron chi connectivity index (χ4n) is 4.65.